The SMILES string of the molecule is COC(=O)C1CSC(c2nc3ccc(OC(=O)N(CCCCCC[P+](c4ccccc4)(c4ccccc4)c4ccccc4)CCN(C)C(=O)Oc4ccc(OC(C)=O)c(OC(C)=O)c4)cc3s2)=N1. The van der Waals surface area contributed by atoms with Crippen molar-refractivity contribution in [3.8, 4) is 23.0 Å². The predicted octanol–water partition coefficient (Wildman–Crippen LogP) is 8.67. The first kappa shape index (κ1) is 49.3. The maximum Gasteiger partial charge on any atom is 0.415 e. The number of aliphatic imine (C=N–C) groups is 1. The predicted molar refractivity (Wildman–Crippen MR) is 268 cm³/mol. The summed E-state index contributed by atoms with van der Waals surface area (Å²) in [6, 6.07) is 41.1. The second-order valence-electron chi connectivity index (χ2n) is 15.8. The fourth-order valence-corrected chi connectivity index (χ4v) is 14.2. The molecule has 352 valence electrons. The van der Waals surface area contributed by atoms with E-state index in [1.54, 1.807) is 30.1 Å². The van der Waals surface area contributed by atoms with Crippen LogP contribution >= 0.6 is 30.4 Å². The van der Waals surface area contributed by atoms with Crippen LogP contribution in [-0.2, 0) is 19.1 Å². The molecule has 1 aliphatic heterocycles. The Hall–Kier alpha value is -6.61. The molecule has 7 rings (SSSR count). The molecule has 0 spiro atoms. The number of nitrogens with zero attached hydrogens (tertiary/aromatic N) is 4. The number of carbonyl (C=O) groups is 5. The number of benzene rings is 5. The first-order valence-electron chi connectivity index (χ1n) is 22.1. The molecule has 0 radical (unpaired) electrons. The quantitative estimate of drug-likeness (QED) is 0.0329. The molecule has 68 heavy (non-hydrogen) atoms. The van der Waals surface area contributed by atoms with E-state index in [4.69, 9.17) is 28.7 Å². The summed E-state index contributed by atoms with van der Waals surface area (Å²) in [6.07, 6.45) is 3.11. The van der Waals surface area contributed by atoms with Gasteiger partial charge in [0.1, 0.15) is 44.7 Å². The van der Waals surface area contributed by atoms with Gasteiger partial charge in [-0.3, -0.25) is 14.6 Å². The Bertz CT molecular complexity index is 2660. The number of hydrogen-bond acceptors (Lipinski definition) is 14. The number of ether oxygens (including phenoxy) is 5. The van der Waals surface area contributed by atoms with Crippen LogP contribution in [0.25, 0.3) is 10.2 Å². The lowest BCUT2D eigenvalue weighted by Gasteiger charge is -2.28. The number of fused-ring (bicyclic) bond motifs is 1. The zero-order valence-electron chi connectivity index (χ0n) is 38.2. The van der Waals surface area contributed by atoms with E-state index in [0.29, 0.717) is 40.0 Å². The van der Waals surface area contributed by atoms with Crippen LogP contribution in [0.2, 0.25) is 0 Å². The lowest BCUT2D eigenvalue weighted by atomic mass is 10.2. The number of thiazole rings is 1. The van der Waals surface area contributed by atoms with E-state index in [9.17, 15) is 24.0 Å². The Morgan fingerprint density at radius 1 is 0.647 bits per heavy atom. The van der Waals surface area contributed by atoms with Crippen molar-refractivity contribution in [3.63, 3.8) is 0 Å². The fourth-order valence-electron chi connectivity index (χ4n) is 7.72. The van der Waals surface area contributed by atoms with Crippen molar-refractivity contribution in [2.24, 2.45) is 4.99 Å². The van der Waals surface area contributed by atoms with Crippen molar-refractivity contribution in [3.05, 3.63) is 132 Å². The third-order valence-corrected chi connectivity index (χ3v) is 17.8. The fraction of sp³-hybridized carbons (Fsp3) is 0.275. The third-order valence-electron chi connectivity index (χ3n) is 11.0. The maximum atomic E-state index is 14.0. The standard InChI is InChI=1S/C51H52N4O10PS2/c1-35(56)62-44-27-25-37(32-45(44)63-36(2)57)64-50(59)54(3)29-30-55(51(60)65-38-24-26-42-46(33-38)68-48(52-42)47-53-43(34-67-47)49(58)61-4)28-16-5-6-17-31-66(39-18-10-7-11-19-39,40-20-12-8-13-21-40)41-22-14-9-15-23-41/h7-15,18-27,32-33,43H,5-6,16-17,28-31,34H2,1-4H3/q+1. The number of likely N-dealkylation sites (N-methyl/N-ethyl adjacent to an activating group) is 1. The molecule has 1 atom stereocenters. The van der Waals surface area contributed by atoms with Gasteiger partial charge in [0.15, 0.2) is 17.5 Å². The first-order chi connectivity index (χ1) is 32.9. The Balaban J connectivity index is 1.04. The van der Waals surface area contributed by atoms with Crippen molar-refractivity contribution in [2.75, 3.05) is 45.7 Å². The van der Waals surface area contributed by atoms with Crippen LogP contribution < -0.4 is 34.9 Å². The Kier molecular flexibility index (Phi) is 17.0. The van der Waals surface area contributed by atoms with Crippen LogP contribution in [0.1, 0.15) is 44.5 Å². The van der Waals surface area contributed by atoms with Gasteiger partial charge in [0.2, 0.25) is 0 Å². The molecule has 0 N–H and O–H groups in total. The molecule has 2 amide bonds. The Morgan fingerprint density at radius 2 is 1.22 bits per heavy atom. The molecule has 2 heterocycles. The molecule has 6 aromatic rings. The highest BCUT2D eigenvalue weighted by atomic mass is 32.2. The van der Waals surface area contributed by atoms with Gasteiger partial charge >= 0.3 is 30.1 Å². The number of esters is 3. The van der Waals surface area contributed by atoms with Crippen LogP contribution in [0.4, 0.5) is 9.59 Å². The minimum atomic E-state index is -1.99. The van der Waals surface area contributed by atoms with Crippen LogP contribution in [0.3, 0.4) is 0 Å². The van der Waals surface area contributed by atoms with Crippen molar-refractivity contribution in [2.45, 2.75) is 45.6 Å². The third kappa shape index (κ3) is 12.5. The van der Waals surface area contributed by atoms with Gasteiger partial charge in [-0.1, -0.05) is 61.0 Å². The largest absolute Gasteiger partial charge is 0.467 e. The minimum absolute atomic E-state index is 0.00879. The number of rotatable bonds is 19. The van der Waals surface area contributed by atoms with Gasteiger partial charge in [-0.2, -0.15) is 0 Å². The summed E-state index contributed by atoms with van der Waals surface area (Å²) in [5.74, 6) is -0.916. The molecule has 5 aromatic carbocycles. The second-order valence-corrected chi connectivity index (χ2v) is 21.5. The summed E-state index contributed by atoms with van der Waals surface area (Å²) in [6.45, 7) is 3.00. The van der Waals surface area contributed by atoms with Crippen LogP contribution in [0, 0.1) is 0 Å². The molecule has 1 aromatic heterocycles. The summed E-state index contributed by atoms with van der Waals surface area (Å²) in [7, 11) is 0.899. The van der Waals surface area contributed by atoms with Crippen molar-refractivity contribution in [1.29, 1.82) is 0 Å². The summed E-state index contributed by atoms with van der Waals surface area (Å²) >= 11 is 2.83. The molecule has 0 fully saturated rings. The monoisotopic (exact) mass is 975 g/mol. The van der Waals surface area contributed by atoms with Gasteiger partial charge in [-0.15, -0.1) is 23.1 Å². The summed E-state index contributed by atoms with van der Waals surface area (Å²) in [5, 5.41) is 5.33. The molecule has 1 unspecified atom stereocenters. The normalized spacial score (nSPS) is 13.3. The van der Waals surface area contributed by atoms with E-state index in [-0.39, 0.29) is 30.3 Å². The summed E-state index contributed by atoms with van der Waals surface area (Å²) < 4.78 is 27.5. The Labute approximate surface area is 403 Å². The van der Waals surface area contributed by atoms with Gasteiger partial charge < -0.3 is 33.5 Å². The molecule has 17 heteroatoms. The van der Waals surface area contributed by atoms with Crippen molar-refractivity contribution < 1.29 is 47.7 Å². The first-order valence-corrected chi connectivity index (χ1v) is 25.9. The maximum absolute atomic E-state index is 14.0. The smallest absolute Gasteiger partial charge is 0.415 e. The number of methoxy groups -OCH3 is 1. The van der Waals surface area contributed by atoms with E-state index in [0.717, 1.165) is 30.1 Å². The van der Waals surface area contributed by atoms with Crippen LogP contribution in [0.5, 0.6) is 23.0 Å². The number of unbranched alkanes of at least 4 members (excludes halogenated alkanes) is 3. The Morgan fingerprint density at radius 3 is 1.84 bits per heavy atom. The molecule has 1 aliphatic rings. The van der Waals surface area contributed by atoms with Crippen molar-refractivity contribution in [1.82, 2.24) is 14.8 Å². The van der Waals surface area contributed by atoms with Gasteiger partial charge in [0, 0.05) is 58.4 Å². The molecule has 0 bridgehead atoms. The highest BCUT2D eigenvalue weighted by Gasteiger charge is 2.44. The van der Waals surface area contributed by atoms with E-state index in [1.165, 1.54) is 83.1 Å². The van der Waals surface area contributed by atoms with Gasteiger partial charge in [-0.25, -0.2) is 19.4 Å². The van der Waals surface area contributed by atoms with E-state index in [2.05, 4.69) is 96.0 Å². The molecular weight excluding hydrogens is 924 g/mol. The molecular formula is C51H52N4O10PS2+. The molecule has 0 saturated carbocycles. The number of carbonyl (C=O) groups excluding carboxylic acids is 5. The van der Waals surface area contributed by atoms with Gasteiger partial charge in [-0.05, 0) is 79.9 Å². The number of thioether (sulfide) groups is 1. The average molecular weight is 976 g/mol. The highest BCUT2D eigenvalue weighted by Crippen LogP contribution is 2.56. The summed E-state index contributed by atoms with van der Waals surface area (Å²) in [5.41, 5.74) is 0.700. The molecule has 14 nitrogen and oxygen atoms in total. The molecule has 0 saturated heterocycles. The summed E-state index contributed by atoms with van der Waals surface area (Å²) in [4.78, 5) is 74.9. The average Bonchev–Trinajstić information content (AvgIpc) is 4.01. The highest BCUT2D eigenvalue weighted by molar-refractivity contribution is 8.15. The van der Waals surface area contributed by atoms with Crippen LogP contribution in [0.15, 0.2) is 132 Å². The van der Waals surface area contributed by atoms with Gasteiger partial charge in [0.25, 0.3) is 0 Å². The lowest BCUT2D eigenvalue weighted by Crippen LogP contribution is -2.42. The van der Waals surface area contributed by atoms with E-state index in [1.807, 2.05) is 0 Å². The number of aromatic nitrogens is 1. The zero-order chi connectivity index (χ0) is 48.0. The number of amides is 2. The van der Waals surface area contributed by atoms with Gasteiger partial charge in [0.05, 0.1) is 23.5 Å². The molecule has 0 aliphatic carbocycles. The topological polar surface area (TPSA) is 163 Å². The van der Waals surface area contributed by atoms with E-state index < -0.39 is 43.4 Å². The minimum Gasteiger partial charge on any atom is -0.467 e. The van der Waals surface area contributed by atoms with Crippen molar-refractivity contribution >= 4 is 91.6 Å². The number of hydrogen-bond donors (Lipinski definition) is 0. The van der Waals surface area contributed by atoms with Crippen LogP contribution in [-0.4, -0.2) is 102 Å². The van der Waals surface area contributed by atoms with E-state index >= 15 is 0 Å². The zero-order valence-corrected chi connectivity index (χ0v) is 40.7. The second kappa shape index (κ2) is 23.4. The lowest BCUT2D eigenvalue weighted by molar-refractivity contribution is -0.141.